The lowest BCUT2D eigenvalue weighted by Gasteiger charge is -2.04. The van der Waals surface area contributed by atoms with Crippen LogP contribution >= 0.6 is 0 Å². The van der Waals surface area contributed by atoms with Crippen LogP contribution in [-0.4, -0.2) is 24.6 Å². The number of hydrogen-bond donors (Lipinski definition) is 1. The van der Waals surface area contributed by atoms with E-state index in [-0.39, 0.29) is 12.4 Å². The van der Waals surface area contributed by atoms with Gasteiger partial charge in [0.25, 0.3) is 0 Å². The second-order valence-electron chi connectivity index (χ2n) is 3.99. The van der Waals surface area contributed by atoms with Crippen LogP contribution in [-0.2, 0) is 16.6 Å². The van der Waals surface area contributed by atoms with Crippen LogP contribution in [0.25, 0.3) is 11.3 Å². The SMILES string of the molecule is CS(=O)(=O)NCc1cc(-c2ccc(F)cc2)ncn1. The predicted molar refractivity (Wildman–Crippen MR) is 69.1 cm³/mol. The van der Waals surface area contributed by atoms with Crippen molar-refractivity contribution in [3.8, 4) is 11.3 Å². The standard InChI is InChI=1S/C12H12FN3O2S/c1-19(17,18)16-7-11-6-12(15-8-14-11)9-2-4-10(13)5-3-9/h2-6,8,16H,7H2,1H3. The molecular formula is C12H12FN3O2S. The zero-order valence-electron chi connectivity index (χ0n) is 10.2. The molecule has 2 rings (SSSR count). The molecule has 0 spiro atoms. The third kappa shape index (κ3) is 4.08. The largest absolute Gasteiger partial charge is 0.240 e. The first-order chi connectivity index (χ1) is 8.94. The molecule has 0 aliphatic rings. The second-order valence-corrected chi connectivity index (χ2v) is 5.83. The van der Waals surface area contributed by atoms with Gasteiger partial charge in [0.2, 0.25) is 10.0 Å². The molecule has 0 bridgehead atoms. The Morgan fingerprint density at radius 3 is 2.53 bits per heavy atom. The van der Waals surface area contributed by atoms with Crippen molar-refractivity contribution in [3.63, 3.8) is 0 Å². The van der Waals surface area contributed by atoms with Crippen LogP contribution in [0.2, 0.25) is 0 Å². The lowest BCUT2D eigenvalue weighted by molar-refractivity contribution is 0.586. The topological polar surface area (TPSA) is 72.0 Å². The minimum atomic E-state index is -3.27. The third-order valence-electron chi connectivity index (χ3n) is 2.38. The van der Waals surface area contributed by atoms with Crippen molar-refractivity contribution in [3.05, 3.63) is 48.2 Å². The van der Waals surface area contributed by atoms with Crippen LogP contribution in [0.4, 0.5) is 4.39 Å². The van der Waals surface area contributed by atoms with Crippen molar-refractivity contribution in [1.29, 1.82) is 0 Å². The van der Waals surface area contributed by atoms with Gasteiger partial charge in [-0.3, -0.25) is 0 Å². The molecule has 0 radical (unpaired) electrons. The van der Waals surface area contributed by atoms with Gasteiger partial charge in [-0.15, -0.1) is 0 Å². The van der Waals surface area contributed by atoms with E-state index < -0.39 is 10.0 Å². The molecule has 0 unspecified atom stereocenters. The lowest BCUT2D eigenvalue weighted by atomic mass is 10.1. The minimum absolute atomic E-state index is 0.0928. The summed E-state index contributed by atoms with van der Waals surface area (Å²) in [5.74, 6) is -0.322. The smallest absolute Gasteiger partial charge is 0.209 e. The van der Waals surface area contributed by atoms with Crippen LogP contribution in [0.3, 0.4) is 0 Å². The van der Waals surface area contributed by atoms with E-state index in [0.29, 0.717) is 11.4 Å². The van der Waals surface area contributed by atoms with Crippen LogP contribution in [0.15, 0.2) is 36.7 Å². The van der Waals surface area contributed by atoms with Crippen molar-refractivity contribution in [2.75, 3.05) is 6.26 Å². The molecule has 100 valence electrons. The first-order valence-electron chi connectivity index (χ1n) is 5.45. The van der Waals surface area contributed by atoms with Gasteiger partial charge in [0.05, 0.1) is 24.2 Å². The highest BCUT2D eigenvalue weighted by Gasteiger charge is 2.05. The molecule has 1 aromatic carbocycles. The Hall–Kier alpha value is -1.86. The zero-order valence-corrected chi connectivity index (χ0v) is 11.0. The molecule has 0 fully saturated rings. The van der Waals surface area contributed by atoms with Gasteiger partial charge in [-0.25, -0.2) is 27.5 Å². The fraction of sp³-hybridized carbons (Fsp3) is 0.167. The van der Waals surface area contributed by atoms with Gasteiger partial charge >= 0.3 is 0 Å². The van der Waals surface area contributed by atoms with Gasteiger partial charge in [-0.1, -0.05) is 0 Å². The summed E-state index contributed by atoms with van der Waals surface area (Å²) in [6, 6.07) is 7.54. The van der Waals surface area contributed by atoms with Crippen molar-refractivity contribution >= 4 is 10.0 Å². The molecular weight excluding hydrogens is 269 g/mol. The number of nitrogens with zero attached hydrogens (tertiary/aromatic N) is 2. The molecule has 0 saturated heterocycles. The average Bonchev–Trinajstić information content (AvgIpc) is 2.37. The molecule has 0 amide bonds. The number of hydrogen-bond acceptors (Lipinski definition) is 4. The van der Waals surface area contributed by atoms with Crippen molar-refractivity contribution in [1.82, 2.24) is 14.7 Å². The fourth-order valence-corrected chi connectivity index (χ4v) is 1.89. The second kappa shape index (κ2) is 5.41. The number of halogens is 1. The van der Waals surface area contributed by atoms with Gasteiger partial charge in [0.1, 0.15) is 12.1 Å². The predicted octanol–water partition coefficient (Wildman–Crippen LogP) is 1.33. The van der Waals surface area contributed by atoms with Crippen LogP contribution < -0.4 is 4.72 Å². The van der Waals surface area contributed by atoms with E-state index in [2.05, 4.69) is 14.7 Å². The van der Waals surface area contributed by atoms with Crippen LogP contribution in [0, 0.1) is 5.82 Å². The Morgan fingerprint density at radius 1 is 1.21 bits per heavy atom. The molecule has 19 heavy (non-hydrogen) atoms. The molecule has 0 atom stereocenters. The Kier molecular flexibility index (Phi) is 3.87. The Balaban J connectivity index is 2.22. The highest BCUT2D eigenvalue weighted by atomic mass is 32.2. The molecule has 1 N–H and O–H groups in total. The maximum atomic E-state index is 12.8. The molecule has 7 heteroatoms. The van der Waals surface area contributed by atoms with Crippen molar-refractivity contribution in [2.45, 2.75) is 6.54 Å². The van der Waals surface area contributed by atoms with Gasteiger partial charge in [-0.05, 0) is 30.3 Å². The van der Waals surface area contributed by atoms with E-state index >= 15 is 0 Å². The summed E-state index contributed by atoms with van der Waals surface area (Å²) >= 11 is 0. The highest BCUT2D eigenvalue weighted by Crippen LogP contribution is 2.17. The number of nitrogens with one attached hydrogen (secondary N) is 1. The number of sulfonamides is 1. The quantitative estimate of drug-likeness (QED) is 0.917. The van der Waals surface area contributed by atoms with E-state index in [0.717, 1.165) is 11.8 Å². The summed E-state index contributed by atoms with van der Waals surface area (Å²) in [6.07, 6.45) is 2.42. The maximum absolute atomic E-state index is 12.8. The maximum Gasteiger partial charge on any atom is 0.209 e. The van der Waals surface area contributed by atoms with Gasteiger partial charge in [0.15, 0.2) is 0 Å². The average molecular weight is 281 g/mol. The third-order valence-corrected chi connectivity index (χ3v) is 3.05. The monoisotopic (exact) mass is 281 g/mol. The summed E-state index contributed by atoms with van der Waals surface area (Å²) in [7, 11) is -3.27. The summed E-state index contributed by atoms with van der Waals surface area (Å²) in [5.41, 5.74) is 1.89. The minimum Gasteiger partial charge on any atom is -0.240 e. The lowest BCUT2D eigenvalue weighted by Crippen LogP contribution is -2.21. The number of rotatable bonds is 4. The molecule has 2 aromatic rings. The van der Waals surface area contributed by atoms with Crippen molar-refractivity contribution in [2.24, 2.45) is 0 Å². The summed E-state index contributed by atoms with van der Waals surface area (Å²) < 4.78 is 37.2. The Morgan fingerprint density at radius 2 is 1.89 bits per heavy atom. The van der Waals surface area contributed by atoms with E-state index in [1.54, 1.807) is 18.2 Å². The molecule has 0 aliphatic heterocycles. The first kappa shape index (κ1) is 13.6. The van der Waals surface area contributed by atoms with E-state index in [1.165, 1.54) is 18.5 Å². The first-order valence-corrected chi connectivity index (χ1v) is 7.35. The molecule has 1 heterocycles. The highest BCUT2D eigenvalue weighted by molar-refractivity contribution is 7.88. The normalized spacial score (nSPS) is 11.5. The number of benzene rings is 1. The van der Waals surface area contributed by atoms with Gasteiger partial charge in [-0.2, -0.15) is 0 Å². The van der Waals surface area contributed by atoms with E-state index in [9.17, 15) is 12.8 Å². The summed E-state index contributed by atoms with van der Waals surface area (Å²) in [4.78, 5) is 8.05. The fourth-order valence-electron chi connectivity index (χ4n) is 1.48. The molecule has 0 saturated carbocycles. The van der Waals surface area contributed by atoms with Gasteiger partial charge < -0.3 is 0 Å². The summed E-state index contributed by atoms with van der Waals surface area (Å²) in [5, 5.41) is 0. The van der Waals surface area contributed by atoms with Crippen LogP contribution in [0.1, 0.15) is 5.69 Å². The van der Waals surface area contributed by atoms with E-state index in [4.69, 9.17) is 0 Å². The molecule has 5 nitrogen and oxygen atoms in total. The van der Waals surface area contributed by atoms with Crippen LogP contribution in [0.5, 0.6) is 0 Å². The Labute approximate surface area is 110 Å². The molecule has 0 aliphatic carbocycles. The van der Waals surface area contributed by atoms with Gasteiger partial charge in [0, 0.05) is 5.56 Å². The number of aromatic nitrogens is 2. The summed E-state index contributed by atoms with van der Waals surface area (Å²) in [6.45, 7) is 0.0928. The Bertz CT molecular complexity index is 672. The van der Waals surface area contributed by atoms with E-state index in [1.807, 2.05) is 0 Å². The van der Waals surface area contributed by atoms with Crippen molar-refractivity contribution < 1.29 is 12.8 Å². The molecule has 1 aromatic heterocycles. The zero-order chi connectivity index (χ0) is 13.9.